The summed E-state index contributed by atoms with van der Waals surface area (Å²) in [6, 6.07) is 8.97. The van der Waals surface area contributed by atoms with Gasteiger partial charge in [0, 0.05) is 37.8 Å². The van der Waals surface area contributed by atoms with Gasteiger partial charge in [-0.25, -0.2) is 9.97 Å². The van der Waals surface area contributed by atoms with Gasteiger partial charge in [-0.2, -0.15) is 0 Å². The van der Waals surface area contributed by atoms with Crippen molar-refractivity contribution in [2.24, 2.45) is 4.99 Å². The fourth-order valence-electron chi connectivity index (χ4n) is 3.75. The lowest BCUT2D eigenvalue weighted by Crippen LogP contribution is -2.51. The second-order valence-electron chi connectivity index (χ2n) is 7.54. The van der Waals surface area contributed by atoms with Gasteiger partial charge in [-0.1, -0.05) is 23.2 Å². The van der Waals surface area contributed by atoms with Crippen LogP contribution >= 0.6 is 23.2 Å². The molecule has 0 aliphatic carbocycles. The fraction of sp³-hybridized carbons (Fsp3) is 0.348. The Morgan fingerprint density at radius 3 is 2.79 bits per heavy atom. The summed E-state index contributed by atoms with van der Waals surface area (Å²) < 4.78 is 17.6. The molecule has 0 radical (unpaired) electrons. The molecule has 180 valence electrons. The predicted molar refractivity (Wildman–Crippen MR) is 135 cm³/mol. The van der Waals surface area contributed by atoms with Crippen LogP contribution < -0.4 is 20.1 Å². The fourth-order valence-corrected chi connectivity index (χ4v) is 4.05. The molecule has 3 aromatic rings. The first-order valence-corrected chi connectivity index (χ1v) is 11.5. The largest absolute Gasteiger partial charge is 0.493 e. The van der Waals surface area contributed by atoms with Gasteiger partial charge in [0.15, 0.2) is 17.5 Å². The monoisotopic (exact) mass is 504 g/mol. The van der Waals surface area contributed by atoms with E-state index in [1.54, 1.807) is 26.3 Å². The average Bonchev–Trinajstić information content (AvgIpc) is 2.85. The zero-order chi connectivity index (χ0) is 24.1. The first-order chi connectivity index (χ1) is 16.5. The molecule has 1 unspecified atom stereocenters. The summed E-state index contributed by atoms with van der Waals surface area (Å²) in [7, 11) is 5.22. The van der Waals surface area contributed by atoms with Crippen molar-refractivity contribution in [2.75, 3.05) is 52.8 Å². The second-order valence-corrected chi connectivity index (χ2v) is 8.36. The highest BCUT2D eigenvalue weighted by Gasteiger charge is 2.23. The highest BCUT2D eigenvalue weighted by molar-refractivity contribution is 6.42. The number of methoxy groups -OCH3 is 1. The average molecular weight is 505 g/mol. The van der Waals surface area contributed by atoms with Crippen molar-refractivity contribution in [3.8, 4) is 11.5 Å². The van der Waals surface area contributed by atoms with Crippen LogP contribution in [0.3, 0.4) is 0 Å². The molecule has 9 nitrogen and oxygen atoms in total. The molecule has 0 spiro atoms. The molecule has 34 heavy (non-hydrogen) atoms. The van der Waals surface area contributed by atoms with E-state index in [0.717, 1.165) is 23.6 Å². The van der Waals surface area contributed by atoms with Crippen LogP contribution in [-0.2, 0) is 4.74 Å². The minimum Gasteiger partial charge on any atom is -0.493 e. The minimum absolute atomic E-state index is 0.114. The zero-order valence-electron chi connectivity index (χ0n) is 19.1. The van der Waals surface area contributed by atoms with E-state index in [9.17, 15) is 0 Å². The van der Waals surface area contributed by atoms with Crippen molar-refractivity contribution in [2.45, 2.75) is 6.10 Å². The Labute approximate surface area is 208 Å². The molecule has 1 saturated heterocycles. The van der Waals surface area contributed by atoms with Gasteiger partial charge >= 0.3 is 0 Å². The number of nitrogens with one attached hydrogen (secondary N) is 2. The van der Waals surface area contributed by atoms with Gasteiger partial charge in [-0.05, 0) is 24.3 Å². The third-order valence-corrected chi connectivity index (χ3v) is 6.14. The lowest BCUT2D eigenvalue weighted by Gasteiger charge is -2.34. The van der Waals surface area contributed by atoms with Crippen LogP contribution in [0.15, 0.2) is 41.7 Å². The number of halogens is 2. The number of ether oxygens (including phenoxy) is 3. The molecule has 2 aromatic carbocycles. The molecule has 4 rings (SSSR count). The number of benzene rings is 2. The van der Waals surface area contributed by atoms with E-state index < -0.39 is 0 Å². The number of anilines is 2. The second kappa shape index (κ2) is 10.9. The van der Waals surface area contributed by atoms with Gasteiger partial charge in [-0.3, -0.25) is 4.99 Å². The number of aromatic nitrogens is 2. The number of fused-ring (bicyclic) bond motifs is 1. The number of nitrogens with zero attached hydrogens (tertiary/aromatic N) is 4. The van der Waals surface area contributed by atoms with Crippen molar-refractivity contribution in [3.63, 3.8) is 0 Å². The Morgan fingerprint density at radius 2 is 2.06 bits per heavy atom. The lowest BCUT2D eigenvalue weighted by atomic mass is 10.2. The van der Waals surface area contributed by atoms with Gasteiger partial charge in [-0.15, -0.1) is 0 Å². The third kappa shape index (κ3) is 5.38. The van der Waals surface area contributed by atoms with Crippen LogP contribution in [0, 0.1) is 0 Å². The molecule has 0 saturated carbocycles. The van der Waals surface area contributed by atoms with E-state index in [1.165, 1.54) is 6.33 Å². The Hall–Kier alpha value is -3.01. The summed E-state index contributed by atoms with van der Waals surface area (Å²) in [6.07, 6.45) is 1.38. The van der Waals surface area contributed by atoms with Crippen LogP contribution in [0.25, 0.3) is 10.9 Å². The number of aliphatic imine (C=N–C) groups is 1. The maximum atomic E-state index is 6.14. The Kier molecular flexibility index (Phi) is 7.77. The normalized spacial score (nSPS) is 16.4. The van der Waals surface area contributed by atoms with E-state index in [4.69, 9.17) is 37.4 Å². The van der Waals surface area contributed by atoms with E-state index in [2.05, 4.69) is 30.5 Å². The van der Waals surface area contributed by atoms with Crippen molar-refractivity contribution < 1.29 is 14.2 Å². The van der Waals surface area contributed by atoms with Crippen LogP contribution in [0.4, 0.5) is 11.5 Å². The molecule has 1 atom stereocenters. The van der Waals surface area contributed by atoms with E-state index in [0.29, 0.717) is 52.6 Å². The molecule has 0 bridgehead atoms. The first kappa shape index (κ1) is 24.1. The predicted octanol–water partition coefficient (Wildman–Crippen LogP) is 3.97. The van der Waals surface area contributed by atoms with Crippen molar-refractivity contribution in [3.05, 3.63) is 46.7 Å². The smallest absolute Gasteiger partial charge is 0.193 e. The molecular formula is C23H26Cl2N6O3. The van der Waals surface area contributed by atoms with Crippen LogP contribution in [-0.4, -0.2) is 74.4 Å². The molecule has 1 aromatic heterocycles. The molecule has 1 aliphatic heterocycles. The maximum Gasteiger partial charge on any atom is 0.193 e. The molecule has 11 heteroatoms. The van der Waals surface area contributed by atoms with Crippen LogP contribution in [0.1, 0.15) is 0 Å². The van der Waals surface area contributed by atoms with Crippen LogP contribution in [0.2, 0.25) is 10.0 Å². The Morgan fingerprint density at radius 1 is 1.21 bits per heavy atom. The zero-order valence-corrected chi connectivity index (χ0v) is 20.7. The number of rotatable bonds is 6. The quantitative estimate of drug-likeness (QED) is 0.384. The van der Waals surface area contributed by atoms with Gasteiger partial charge in [0.05, 0.1) is 35.8 Å². The lowest BCUT2D eigenvalue weighted by molar-refractivity contribution is -0.0297. The summed E-state index contributed by atoms with van der Waals surface area (Å²) in [6.45, 7) is 2.40. The van der Waals surface area contributed by atoms with Gasteiger partial charge in [0.25, 0.3) is 0 Å². The molecular weight excluding hydrogens is 479 g/mol. The molecule has 2 N–H and O–H groups in total. The van der Waals surface area contributed by atoms with E-state index in [1.807, 2.05) is 25.2 Å². The van der Waals surface area contributed by atoms with Crippen LogP contribution in [0.5, 0.6) is 11.5 Å². The number of morpholine rings is 1. The van der Waals surface area contributed by atoms with Crippen molar-refractivity contribution >= 4 is 51.6 Å². The van der Waals surface area contributed by atoms with Gasteiger partial charge in [0.1, 0.15) is 24.9 Å². The van der Waals surface area contributed by atoms with Crippen molar-refractivity contribution in [1.29, 1.82) is 0 Å². The number of hydrogen-bond acceptors (Lipinski definition) is 7. The van der Waals surface area contributed by atoms with Gasteiger partial charge in [0.2, 0.25) is 0 Å². The Bertz CT molecular complexity index is 1190. The highest BCUT2D eigenvalue weighted by Crippen LogP contribution is 2.35. The third-order valence-electron chi connectivity index (χ3n) is 5.40. The molecule has 0 amide bonds. The standard InChI is InChI=1S/C23H26Cl2N6O3/c1-26-23(27-2)31-6-7-33-15(11-31)12-34-21-10-19-16(9-20(21)32-3)22(29-13-28-19)30-14-4-5-17(24)18(25)8-14/h4-5,8-10,13,15H,6-7,11-12H2,1-3H3,(H,26,27)(H,28,29,30). The first-order valence-electron chi connectivity index (χ1n) is 10.7. The van der Waals surface area contributed by atoms with E-state index in [-0.39, 0.29) is 6.10 Å². The minimum atomic E-state index is -0.114. The summed E-state index contributed by atoms with van der Waals surface area (Å²) in [4.78, 5) is 15.2. The summed E-state index contributed by atoms with van der Waals surface area (Å²) in [5.74, 6) is 2.58. The Balaban J connectivity index is 1.53. The van der Waals surface area contributed by atoms with Gasteiger partial charge < -0.3 is 29.7 Å². The van der Waals surface area contributed by atoms with Crippen molar-refractivity contribution in [1.82, 2.24) is 20.2 Å². The summed E-state index contributed by atoms with van der Waals surface area (Å²) in [5, 5.41) is 8.08. The molecule has 2 heterocycles. The SMILES string of the molecule is C/N=C(\NC)N1CCOC(COc2cc3ncnc(Nc4ccc(Cl)c(Cl)c4)c3cc2OC)C1. The molecule has 1 aliphatic rings. The summed E-state index contributed by atoms with van der Waals surface area (Å²) >= 11 is 12.2. The topological polar surface area (TPSA) is 93.1 Å². The maximum absolute atomic E-state index is 6.14. The summed E-state index contributed by atoms with van der Waals surface area (Å²) in [5.41, 5.74) is 1.46. The molecule has 1 fully saturated rings. The highest BCUT2D eigenvalue weighted by atomic mass is 35.5. The number of guanidine groups is 1. The number of hydrogen-bond donors (Lipinski definition) is 2. The van der Waals surface area contributed by atoms with E-state index >= 15 is 0 Å².